The maximum atomic E-state index is 5.44. The molecule has 0 aromatic carbocycles. The van der Waals surface area contributed by atoms with Gasteiger partial charge in [-0.3, -0.25) is 0 Å². The van der Waals surface area contributed by atoms with Crippen LogP contribution in [0, 0.1) is 6.92 Å². The van der Waals surface area contributed by atoms with Gasteiger partial charge in [-0.1, -0.05) is 6.92 Å². The molecule has 0 radical (unpaired) electrons. The predicted octanol–water partition coefficient (Wildman–Crippen LogP) is 2.21. The fraction of sp³-hybridized carbons (Fsp3) is 0.769. The molecule has 2 atom stereocenters. The van der Waals surface area contributed by atoms with Crippen molar-refractivity contribution in [2.45, 2.75) is 45.7 Å². The summed E-state index contributed by atoms with van der Waals surface area (Å²) < 4.78 is 7.71. The van der Waals surface area contributed by atoms with Gasteiger partial charge in [0.1, 0.15) is 5.82 Å². The molecule has 2 rings (SSSR count). The molecule has 0 spiro atoms. The van der Waals surface area contributed by atoms with Crippen molar-refractivity contribution in [3.63, 3.8) is 0 Å². The van der Waals surface area contributed by atoms with Crippen molar-refractivity contribution in [2.24, 2.45) is 0 Å². The second-order valence-corrected chi connectivity index (χ2v) is 4.81. The highest BCUT2D eigenvalue weighted by molar-refractivity contribution is 5.09. The van der Waals surface area contributed by atoms with Crippen LogP contribution in [-0.2, 0) is 4.74 Å². The van der Waals surface area contributed by atoms with E-state index in [1.807, 2.05) is 0 Å². The Morgan fingerprint density at radius 3 is 3.12 bits per heavy atom. The molecule has 0 saturated carbocycles. The summed E-state index contributed by atoms with van der Waals surface area (Å²) in [5, 5.41) is 3.47. The van der Waals surface area contributed by atoms with Gasteiger partial charge in [-0.2, -0.15) is 0 Å². The molecule has 4 nitrogen and oxygen atoms in total. The quantitative estimate of drug-likeness (QED) is 0.853. The Hall–Kier alpha value is -0.870. The van der Waals surface area contributed by atoms with Gasteiger partial charge in [0.05, 0.1) is 18.3 Å². The maximum Gasteiger partial charge on any atom is 0.106 e. The van der Waals surface area contributed by atoms with Gasteiger partial charge in [-0.15, -0.1) is 0 Å². The van der Waals surface area contributed by atoms with Crippen LogP contribution in [0.1, 0.15) is 50.3 Å². The number of hydrogen-bond acceptors (Lipinski definition) is 3. The van der Waals surface area contributed by atoms with Gasteiger partial charge in [0, 0.05) is 18.8 Å². The van der Waals surface area contributed by atoms with E-state index in [1.54, 1.807) is 0 Å². The molecule has 0 aliphatic carbocycles. The summed E-state index contributed by atoms with van der Waals surface area (Å²) in [6, 6.07) is 0.812. The number of aryl methyl sites for hydroxylation is 1. The molecule has 4 heteroatoms. The number of aromatic nitrogens is 2. The van der Waals surface area contributed by atoms with Gasteiger partial charge in [-0.05, 0) is 33.2 Å². The molecule has 1 N–H and O–H groups in total. The lowest BCUT2D eigenvalue weighted by atomic mass is 10.2. The van der Waals surface area contributed by atoms with Crippen molar-refractivity contribution in [3.8, 4) is 0 Å². The van der Waals surface area contributed by atoms with E-state index in [1.165, 1.54) is 0 Å². The molecule has 1 fully saturated rings. The van der Waals surface area contributed by atoms with Crippen molar-refractivity contribution < 1.29 is 4.74 Å². The summed E-state index contributed by atoms with van der Waals surface area (Å²) >= 11 is 0. The Morgan fingerprint density at radius 2 is 2.47 bits per heavy atom. The van der Waals surface area contributed by atoms with Crippen LogP contribution in [0.4, 0.5) is 0 Å². The lowest BCUT2D eigenvalue weighted by molar-refractivity contribution is 0.186. The average Bonchev–Trinajstić information content (AvgIpc) is 2.94. The molecule has 1 saturated heterocycles. The summed E-state index contributed by atoms with van der Waals surface area (Å²) in [7, 11) is 0. The zero-order valence-electron chi connectivity index (χ0n) is 11.1. The highest BCUT2D eigenvalue weighted by atomic mass is 16.5. The van der Waals surface area contributed by atoms with Crippen LogP contribution in [-0.4, -0.2) is 29.3 Å². The zero-order valence-corrected chi connectivity index (χ0v) is 11.1. The smallest absolute Gasteiger partial charge is 0.106 e. The molecule has 1 aliphatic rings. The second kappa shape index (κ2) is 5.65. The van der Waals surface area contributed by atoms with Gasteiger partial charge in [0.25, 0.3) is 0 Å². The van der Waals surface area contributed by atoms with Crippen molar-refractivity contribution in [3.05, 3.63) is 17.7 Å². The molecule has 2 unspecified atom stereocenters. The van der Waals surface area contributed by atoms with Gasteiger partial charge < -0.3 is 14.6 Å². The van der Waals surface area contributed by atoms with Crippen LogP contribution in [0.2, 0.25) is 0 Å². The first-order valence-corrected chi connectivity index (χ1v) is 6.59. The Kier molecular flexibility index (Phi) is 4.18. The lowest BCUT2D eigenvalue weighted by Crippen LogP contribution is -2.19. The lowest BCUT2D eigenvalue weighted by Gasteiger charge is -2.11. The van der Waals surface area contributed by atoms with Crippen molar-refractivity contribution in [1.82, 2.24) is 14.9 Å². The number of hydrogen-bond donors (Lipinski definition) is 1. The van der Waals surface area contributed by atoms with E-state index >= 15 is 0 Å². The van der Waals surface area contributed by atoms with Gasteiger partial charge in [-0.25, -0.2) is 4.98 Å². The SMILES string of the molecule is CCCNC(C)c1cn(C2CCOC2)c(C)n1. The topological polar surface area (TPSA) is 39.1 Å². The Labute approximate surface area is 103 Å². The highest BCUT2D eigenvalue weighted by Gasteiger charge is 2.20. The minimum absolute atomic E-state index is 0.331. The number of nitrogens with one attached hydrogen (secondary N) is 1. The summed E-state index contributed by atoms with van der Waals surface area (Å²) in [4.78, 5) is 4.65. The van der Waals surface area contributed by atoms with Crippen molar-refractivity contribution in [2.75, 3.05) is 19.8 Å². The molecule has 0 amide bonds. The fourth-order valence-electron chi connectivity index (χ4n) is 2.29. The van der Waals surface area contributed by atoms with Crippen LogP contribution in [0.3, 0.4) is 0 Å². The minimum atomic E-state index is 0.331. The van der Waals surface area contributed by atoms with E-state index < -0.39 is 0 Å². The first-order chi connectivity index (χ1) is 8.22. The van der Waals surface area contributed by atoms with E-state index in [0.29, 0.717) is 12.1 Å². The molecule has 1 aliphatic heterocycles. The molecule has 1 aromatic rings. The van der Waals surface area contributed by atoms with Crippen LogP contribution >= 0.6 is 0 Å². The standard InChI is InChI=1S/C13H23N3O/c1-4-6-14-10(2)13-8-16(11(3)15-13)12-5-7-17-9-12/h8,10,12,14H,4-7,9H2,1-3H3. The highest BCUT2D eigenvalue weighted by Crippen LogP contribution is 2.22. The van der Waals surface area contributed by atoms with E-state index in [9.17, 15) is 0 Å². The van der Waals surface area contributed by atoms with Crippen LogP contribution in [0.5, 0.6) is 0 Å². The summed E-state index contributed by atoms with van der Waals surface area (Å²) in [5.74, 6) is 1.10. The average molecular weight is 237 g/mol. The Bertz CT molecular complexity index is 356. The summed E-state index contributed by atoms with van der Waals surface area (Å²) in [5.41, 5.74) is 1.14. The summed E-state index contributed by atoms with van der Waals surface area (Å²) in [6.45, 7) is 9.18. The minimum Gasteiger partial charge on any atom is -0.379 e. The maximum absolute atomic E-state index is 5.44. The molecule has 0 bridgehead atoms. The third-order valence-electron chi connectivity index (χ3n) is 3.38. The number of nitrogens with zero attached hydrogens (tertiary/aromatic N) is 2. The predicted molar refractivity (Wildman–Crippen MR) is 68.1 cm³/mol. The number of ether oxygens (including phenoxy) is 1. The molecule has 2 heterocycles. The van der Waals surface area contributed by atoms with Gasteiger partial charge in [0.2, 0.25) is 0 Å². The van der Waals surface area contributed by atoms with Crippen LogP contribution < -0.4 is 5.32 Å². The monoisotopic (exact) mass is 237 g/mol. The second-order valence-electron chi connectivity index (χ2n) is 4.81. The Balaban J connectivity index is 2.06. The van der Waals surface area contributed by atoms with Crippen LogP contribution in [0.25, 0.3) is 0 Å². The molecule has 96 valence electrons. The fourth-order valence-corrected chi connectivity index (χ4v) is 2.29. The van der Waals surface area contributed by atoms with E-state index in [4.69, 9.17) is 4.74 Å². The normalized spacial score (nSPS) is 21.9. The number of rotatable bonds is 5. The number of imidazole rings is 1. The van der Waals surface area contributed by atoms with Crippen LogP contribution in [0.15, 0.2) is 6.20 Å². The molecule has 17 heavy (non-hydrogen) atoms. The van der Waals surface area contributed by atoms with Crippen molar-refractivity contribution in [1.29, 1.82) is 0 Å². The van der Waals surface area contributed by atoms with Gasteiger partial charge >= 0.3 is 0 Å². The molecule has 1 aromatic heterocycles. The molecular weight excluding hydrogens is 214 g/mol. The first-order valence-electron chi connectivity index (χ1n) is 6.59. The van der Waals surface area contributed by atoms with E-state index in [-0.39, 0.29) is 0 Å². The van der Waals surface area contributed by atoms with Gasteiger partial charge in [0.15, 0.2) is 0 Å². The third-order valence-corrected chi connectivity index (χ3v) is 3.38. The van der Waals surface area contributed by atoms with E-state index in [0.717, 1.165) is 44.1 Å². The first kappa shape index (κ1) is 12.6. The summed E-state index contributed by atoms with van der Waals surface area (Å²) in [6.07, 6.45) is 4.44. The third kappa shape index (κ3) is 2.87. The largest absolute Gasteiger partial charge is 0.379 e. The van der Waals surface area contributed by atoms with Crippen molar-refractivity contribution >= 4 is 0 Å². The zero-order chi connectivity index (χ0) is 12.3. The Morgan fingerprint density at radius 1 is 1.65 bits per heavy atom. The van der Waals surface area contributed by atoms with E-state index in [2.05, 4.69) is 41.8 Å². The molecular formula is C13H23N3O.